The molecule has 3 nitrogen and oxygen atoms in total. The van der Waals surface area contributed by atoms with E-state index in [1.54, 1.807) is 12.1 Å². The number of rotatable bonds is 8. The molecular formula is C31H35F3N2O. The van der Waals surface area contributed by atoms with Crippen molar-refractivity contribution in [2.75, 3.05) is 26.2 Å². The van der Waals surface area contributed by atoms with Gasteiger partial charge in [0.05, 0.1) is 5.56 Å². The molecule has 0 aliphatic carbocycles. The quantitative estimate of drug-likeness (QED) is 0.326. The van der Waals surface area contributed by atoms with Crippen LogP contribution in [0.2, 0.25) is 0 Å². The van der Waals surface area contributed by atoms with Crippen molar-refractivity contribution in [3.05, 3.63) is 107 Å². The van der Waals surface area contributed by atoms with Crippen LogP contribution < -0.4 is 0 Å². The number of hydrogen-bond donors (Lipinski definition) is 0. The van der Waals surface area contributed by atoms with E-state index in [1.165, 1.54) is 5.56 Å². The van der Waals surface area contributed by atoms with Gasteiger partial charge in [0.2, 0.25) is 0 Å². The van der Waals surface area contributed by atoms with E-state index in [0.29, 0.717) is 31.1 Å². The van der Waals surface area contributed by atoms with Crippen molar-refractivity contribution in [2.45, 2.75) is 39.4 Å². The number of benzene rings is 3. The van der Waals surface area contributed by atoms with Crippen molar-refractivity contribution in [3.63, 3.8) is 0 Å². The zero-order valence-corrected chi connectivity index (χ0v) is 21.7. The summed E-state index contributed by atoms with van der Waals surface area (Å²) in [5.74, 6) is 0.817. The van der Waals surface area contributed by atoms with Crippen molar-refractivity contribution in [2.24, 2.45) is 11.8 Å². The van der Waals surface area contributed by atoms with Crippen molar-refractivity contribution < 1.29 is 18.0 Å². The minimum absolute atomic E-state index is 0.0432. The molecule has 0 spiro atoms. The van der Waals surface area contributed by atoms with Crippen LogP contribution in [0.5, 0.6) is 0 Å². The summed E-state index contributed by atoms with van der Waals surface area (Å²) in [4.78, 5) is 17.8. The molecule has 4 rings (SSSR count). The highest BCUT2D eigenvalue weighted by Crippen LogP contribution is 2.35. The predicted octanol–water partition coefficient (Wildman–Crippen LogP) is 7.03. The molecule has 0 aromatic heterocycles. The van der Waals surface area contributed by atoms with Crippen LogP contribution >= 0.6 is 0 Å². The molecule has 1 saturated heterocycles. The van der Waals surface area contributed by atoms with Gasteiger partial charge in [-0.2, -0.15) is 13.2 Å². The summed E-state index contributed by atoms with van der Waals surface area (Å²) in [6, 6.07) is 23.5. The van der Waals surface area contributed by atoms with E-state index in [4.69, 9.17) is 0 Å². The topological polar surface area (TPSA) is 23.6 Å². The Morgan fingerprint density at radius 3 is 2.19 bits per heavy atom. The van der Waals surface area contributed by atoms with Crippen LogP contribution in [0.15, 0.2) is 78.9 Å². The summed E-state index contributed by atoms with van der Waals surface area (Å²) >= 11 is 0. The Balaban J connectivity index is 1.54. The van der Waals surface area contributed by atoms with Crippen molar-refractivity contribution >= 4 is 5.91 Å². The third-order valence-electron chi connectivity index (χ3n) is 7.06. The summed E-state index contributed by atoms with van der Waals surface area (Å²) in [5.41, 5.74) is 3.27. The lowest BCUT2D eigenvalue weighted by Gasteiger charge is -2.30. The number of alkyl halides is 3. The fourth-order valence-corrected chi connectivity index (χ4v) is 5.25. The van der Waals surface area contributed by atoms with Crippen molar-refractivity contribution in [1.29, 1.82) is 0 Å². The maximum atomic E-state index is 13.5. The molecule has 1 heterocycles. The van der Waals surface area contributed by atoms with Crippen LogP contribution in [0.4, 0.5) is 13.2 Å². The molecule has 0 unspecified atom stereocenters. The number of aryl methyl sites for hydroxylation is 1. The molecule has 1 amide bonds. The Hall–Kier alpha value is -3.12. The van der Waals surface area contributed by atoms with Crippen LogP contribution in [0, 0.1) is 18.8 Å². The maximum Gasteiger partial charge on any atom is 0.416 e. The third kappa shape index (κ3) is 7.01. The lowest BCUT2D eigenvalue weighted by molar-refractivity contribution is -0.137. The molecule has 1 aliphatic rings. The molecule has 1 aliphatic heterocycles. The second-order valence-electron chi connectivity index (χ2n) is 10.6. The maximum absolute atomic E-state index is 13.5. The van der Waals surface area contributed by atoms with Crippen molar-refractivity contribution in [3.8, 4) is 0 Å². The number of hydrogen-bond acceptors (Lipinski definition) is 2. The average Bonchev–Trinajstić information content (AvgIpc) is 3.25. The number of likely N-dealkylation sites (tertiary alicyclic amines) is 1. The molecule has 196 valence electrons. The zero-order valence-electron chi connectivity index (χ0n) is 21.7. The van der Waals surface area contributed by atoms with Crippen LogP contribution in [0.3, 0.4) is 0 Å². The Bertz CT molecular complexity index is 1160. The van der Waals surface area contributed by atoms with Gasteiger partial charge in [-0.1, -0.05) is 74.0 Å². The zero-order chi connectivity index (χ0) is 26.6. The molecule has 0 radical (unpaired) electrons. The SMILES string of the molecule is Cc1ccc(C(=O)N(CC(C)C)C[C@@H]2CN(Cc3ccc(C(F)(F)F)cc3)C[C@H]2c2ccccc2)cc1. The fraction of sp³-hybridized carbons (Fsp3) is 0.387. The number of carbonyl (C=O) groups is 1. The van der Waals surface area contributed by atoms with Gasteiger partial charge in [0, 0.05) is 44.2 Å². The Kier molecular flexibility index (Phi) is 8.38. The van der Waals surface area contributed by atoms with Crippen LogP contribution in [-0.4, -0.2) is 41.9 Å². The summed E-state index contributed by atoms with van der Waals surface area (Å²) in [5, 5.41) is 0. The Labute approximate surface area is 217 Å². The first-order chi connectivity index (χ1) is 17.6. The fourth-order valence-electron chi connectivity index (χ4n) is 5.25. The normalized spacial score (nSPS) is 18.4. The highest BCUT2D eigenvalue weighted by Gasteiger charge is 2.36. The molecule has 3 aromatic carbocycles. The predicted molar refractivity (Wildman–Crippen MR) is 141 cm³/mol. The summed E-state index contributed by atoms with van der Waals surface area (Å²) < 4.78 is 39.0. The van der Waals surface area contributed by atoms with Crippen molar-refractivity contribution in [1.82, 2.24) is 9.80 Å². The lowest BCUT2D eigenvalue weighted by atomic mass is 9.88. The van der Waals surface area contributed by atoms with Gasteiger partial charge in [-0.3, -0.25) is 9.69 Å². The van der Waals surface area contributed by atoms with Crippen LogP contribution in [0.25, 0.3) is 0 Å². The van der Waals surface area contributed by atoms with Gasteiger partial charge in [-0.15, -0.1) is 0 Å². The number of amides is 1. The van der Waals surface area contributed by atoms with E-state index in [1.807, 2.05) is 54.3 Å². The number of carbonyl (C=O) groups excluding carboxylic acids is 1. The van der Waals surface area contributed by atoms with Gasteiger partial charge in [-0.25, -0.2) is 0 Å². The molecule has 0 bridgehead atoms. The highest BCUT2D eigenvalue weighted by atomic mass is 19.4. The number of halogens is 3. The van der Waals surface area contributed by atoms with Gasteiger partial charge < -0.3 is 4.90 Å². The van der Waals surface area contributed by atoms with E-state index in [-0.39, 0.29) is 17.7 Å². The number of nitrogens with zero attached hydrogens (tertiary/aromatic N) is 2. The minimum atomic E-state index is -4.33. The lowest BCUT2D eigenvalue weighted by Crippen LogP contribution is -2.39. The summed E-state index contributed by atoms with van der Waals surface area (Å²) in [6.45, 7) is 9.70. The first kappa shape index (κ1) is 26.9. The molecule has 37 heavy (non-hydrogen) atoms. The van der Waals surface area contributed by atoms with E-state index in [9.17, 15) is 18.0 Å². The van der Waals surface area contributed by atoms with Gasteiger partial charge in [0.1, 0.15) is 0 Å². The van der Waals surface area contributed by atoms with E-state index >= 15 is 0 Å². The highest BCUT2D eigenvalue weighted by molar-refractivity contribution is 5.94. The minimum Gasteiger partial charge on any atom is -0.338 e. The largest absolute Gasteiger partial charge is 0.416 e. The molecule has 0 saturated carbocycles. The molecule has 3 aromatic rings. The molecule has 6 heteroatoms. The second kappa shape index (κ2) is 11.5. The van der Waals surface area contributed by atoms with E-state index in [2.05, 4.69) is 30.9 Å². The molecule has 1 fully saturated rings. The Morgan fingerprint density at radius 1 is 0.946 bits per heavy atom. The van der Waals surface area contributed by atoms with Crippen LogP contribution in [0.1, 0.15) is 52.4 Å². The average molecular weight is 509 g/mol. The first-order valence-corrected chi connectivity index (χ1v) is 12.9. The second-order valence-corrected chi connectivity index (χ2v) is 10.6. The van der Waals surface area contributed by atoms with E-state index in [0.717, 1.165) is 36.3 Å². The monoisotopic (exact) mass is 508 g/mol. The van der Waals surface area contributed by atoms with E-state index < -0.39 is 11.7 Å². The van der Waals surface area contributed by atoms with Crippen LogP contribution in [-0.2, 0) is 12.7 Å². The third-order valence-corrected chi connectivity index (χ3v) is 7.06. The standard InChI is InChI=1S/C31H35F3N2O/c1-22(2)17-36(30(37)26-13-9-23(3)10-14-26)20-27-19-35(21-29(27)25-7-5-4-6-8-25)18-24-11-15-28(16-12-24)31(32,33)34/h4-16,22,27,29H,17-21H2,1-3H3/t27-,29-/m0/s1. The van der Waals surface area contributed by atoms with Gasteiger partial charge in [-0.05, 0) is 54.2 Å². The van der Waals surface area contributed by atoms with Gasteiger partial charge >= 0.3 is 6.18 Å². The molecule has 0 N–H and O–H groups in total. The smallest absolute Gasteiger partial charge is 0.338 e. The summed E-state index contributed by atoms with van der Waals surface area (Å²) in [7, 11) is 0. The first-order valence-electron chi connectivity index (χ1n) is 12.9. The molecule has 2 atom stereocenters. The Morgan fingerprint density at radius 2 is 1.59 bits per heavy atom. The molecular weight excluding hydrogens is 473 g/mol. The van der Waals surface area contributed by atoms with Gasteiger partial charge in [0.15, 0.2) is 0 Å². The van der Waals surface area contributed by atoms with Gasteiger partial charge in [0.25, 0.3) is 5.91 Å². The summed E-state index contributed by atoms with van der Waals surface area (Å²) in [6.07, 6.45) is -4.33.